The number of pyridine rings is 1. The largest absolute Gasteiger partial charge is 0.486 e. The number of benzene rings is 4. The van der Waals surface area contributed by atoms with Crippen LogP contribution in [0, 0.1) is 13.8 Å². The molecule has 0 saturated heterocycles. The predicted octanol–water partition coefficient (Wildman–Crippen LogP) is 11.0. The minimum atomic E-state index is -1.06. The molecule has 1 fully saturated rings. The Hall–Kier alpha value is -5.09. The summed E-state index contributed by atoms with van der Waals surface area (Å²) >= 11 is 12.5. The van der Waals surface area contributed by atoms with Crippen LogP contribution in [-0.2, 0) is 29.0 Å². The van der Waals surface area contributed by atoms with Crippen LogP contribution in [0.1, 0.15) is 103 Å². The van der Waals surface area contributed by atoms with Gasteiger partial charge in [-0.15, -0.1) is 0 Å². The van der Waals surface area contributed by atoms with Crippen molar-refractivity contribution in [1.82, 2.24) is 15.2 Å². The van der Waals surface area contributed by atoms with E-state index in [1.54, 1.807) is 6.07 Å². The van der Waals surface area contributed by atoms with Crippen LogP contribution in [0.4, 0.5) is 5.69 Å². The van der Waals surface area contributed by atoms with E-state index in [1.165, 1.54) is 6.42 Å². The molecule has 8 rings (SSSR count). The molecule has 2 N–H and O–H groups in total. The fraction of sp³-hybridized carbons (Fsp3) is 0.392. The topological polar surface area (TPSA) is 104 Å². The smallest absolute Gasteiger partial charge is 0.326 e. The highest BCUT2D eigenvalue weighted by Gasteiger charge is 2.39. The number of nitrogens with zero attached hydrogens (tertiary/aromatic N) is 3. The molecule has 0 radical (unpaired) electrons. The molecule has 4 atom stereocenters. The molecule has 9 nitrogen and oxygen atoms in total. The van der Waals surface area contributed by atoms with Crippen molar-refractivity contribution in [2.24, 2.45) is 0 Å². The minimum Gasteiger partial charge on any atom is -0.486 e. The quantitative estimate of drug-likeness (QED) is 0.128. The Morgan fingerprint density at radius 2 is 1.68 bits per heavy atom. The van der Waals surface area contributed by atoms with Gasteiger partial charge in [0.25, 0.3) is 0 Å². The molecule has 1 amide bonds. The lowest BCUT2D eigenvalue weighted by Crippen LogP contribution is -2.57. The van der Waals surface area contributed by atoms with Gasteiger partial charge in [0.15, 0.2) is 0 Å². The molecule has 3 heterocycles. The van der Waals surface area contributed by atoms with E-state index in [0.717, 1.165) is 112 Å². The lowest BCUT2D eigenvalue weighted by Gasteiger charge is -2.43. The normalized spacial score (nSPS) is 19.0. The summed E-state index contributed by atoms with van der Waals surface area (Å²) in [7, 11) is 2.09. The highest BCUT2D eigenvalue weighted by Crippen LogP contribution is 2.42. The summed E-state index contributed by atoms with van der Waals surface area (Å²) in [5, 5.41) is 14.4. The van der Waals surface area contributed by atoms with Gasteiger partial charge in [-0.3, -0.25) is 14.7 Å². The molecule has 0 unspecified atom stereocenters. The number of carbonyl (C=O) groups is 2. The molecule has 0 bridgehead atoms. The van der Waals surface area contributed by atoms with Gasteiger partial charge in [-0.2, -0.15) is 0 Å². The number of amides is 1. The number of aryl methyl sites for hydroxylation is 1. The highest BCUT2D eigenvalue weighted by molar-refractivity contribution is 6.42. The molecule has 1 aromatic heterocycles. The maximum atomic E-state index is 14.4. The van der Waals surface area contributed by atoms with Crippen molar-refractivity contribution in [3.05, 3.63) is 140 Å². The van der Waals surface area contributed by atoms with E-state index >= 15 is 0 Å². The number of nitrogens with one attached hydrogen (secondary N) is 1. The van der Waals surface area contributed by atoms with Crippen LogP contribution < -0.4 is 19.7 Å². The van der Waals surface area contributed by atoms with Gasteiger partial charge in [0.1, 0.15) is 29.7 Å². The first-order valence-electron chi connectivity index (χ1n) is 22.0. The summed E-state index contributed by atoms with van der Waals surface area (Å²) in [6.45, 7) is 7.51. The van der Waals surface area contributed by atoms with Gasteiger partial charge in [0.2, 0.25) is 5.91 Å². The SMILES string of the molecule is CC[C@@H](Oc1ccc([C@H]2CCN(C)c3cc4c(cc3O2)CN(C2CCCCC2)[C@H](C(=O)N[C@@H](Cc2ccc(-c3ccnc(C)c3C)cc2)C(=O)O)C4)cc1)c1ccc(Cl)c(Cl)c1. The summed E-state index contributed by atoms with van der Waals surface area (Å²) in [5.41, 5.74) is 10.4. The average molecular weight is 876 g/mol. The van der Waals surface area contributed by atoms with E-state index in [1.807, 2.05) is 67.7 Å². The third kappa shape index (κ3) is 9.60. The standard InChI is InChI=1S/C51H56Cl2N4O5/c1-5-47(36-17-20-42(52)43(53)26-36)61-40-18-15-35(16-19-40)48-22-24-56(4)45-27-37-28-46(57(39-9-7-6-8-10-39)30-38(37)29-49(45)62-48)50(58)55-44(51(59)60)25-33-11-13-34(14-12-33)41-21-23-54-32(3)31(41)2/h11-21,23,26-27,29,39,44,46-48H,5-10,22,24-25,28,30H2,1-4H3,(H,55,58)(H,59,60)/t44-,46-,47+,48+/m0/s1. The molecule has 3 aliphatic rings. The molecule has 1 saturated carbocycles. The van der Waals surface area contributed by atoms with Crippen molar-refractivity contribution in [2.75, 3.05) is 18.5 Å². The van der Waals surface area contributed by atoms with Crippen molar-refractivity contribution in [3.8, 4) is 22.6 Å². The Morgan fingerprint density at radius 1 is 0.919 bits per heavy atom. The van der Waals surface area contributed by atoms with Crippen LogP contribution in [-0.4, -0.2) is 58.6 Å². The van der Waals surface area contributed by atoms with E-state index in [-0.39, 0.29) is 30.6 Å². The second kappa shape index (κ2) is 19.1. The van der Waals surface area contributed by atoms with Gasteiger partial charge in [-0.1, -0.05) is 91.9 Å². The van der Waals surface area contributed by atoms with Crippen molar-refractivity contribution >= 4 is 40.8 Å². The molecule has 62 heavy (non-hydrogen) atoms. The number of halogens is 2. The summed E-state index contributed by atoms with van der Waals surface area (Å²) in [5.74, 6) is 0.321. The third-order valence-electron chi connectivity index (χ3n) is 13.2. The first-order chi connectivity index (χ1) is 29.9. The van der Waals surface area contributed by atoms with Gasteiger partial charge in [-0.25, -0.2) is 4.79 Å². The summed E-state index contributed by atoms with van der Waals surface area (Å²) < 4.78 is 13.3. The molecular formula is C51H56Cl2N4O5. The maximum absolute atomic E-state index is 14.4. The fourth-order valence-corrected chi connectivity index (χ4v) is 9.74. The van der Waals surface area contributed by atoms with Crippen molar-refractivity contribution in [2.45, 2.75) is 115 Å². The number of carboxylic acids is 1. The molecule has 2 aliphatic heterocycles. The van der Waals surface area contributed by atoms with E-state index in [0.29, 0.717) is 23.0 Å². The molecule has 4 aromatic carbocycles. The van der Waals surface area contributed by atoms with Crippen LogP contribution >= 0.6 is 23.2 Å². The first-order valence-corrected chi connectivity index (χ1v) is 22.8. The number of aliphatic carboxylic acids is 1. The zero-order valence-corrected chi connectivity index (χ0v) is 37.5. The fourth-order valence-electron chi connectivity index (χ4n) is 9.44. The van der Waals surface area contributed by atoms with Crippen LogP contribution in [0.5, 0.6) is 11.5 Å². The minimum absolute atomic E-state index is 0.160. The van der Waals surface area contributed by atoms with Crippen LogP contribution in [0.2, 0.25) is 10.0 Å². The summed E-state index contributed by atoms with van der Waals surface area (Å²) in [4.78, 5) is 36.1. The average Bonchev–Trinajstić information content (AvgIpc) is 3.44. The first kappa shape index (κ1) is 43.6. The van der Waals surface area contributed by atoms with Gasteiger partial charge in [-0.05, 0) is 127 Å². The maximum Gasteiger partial charge on any atom is 0.326 e. The molecule has 324 valence electrons. The second-order valence-corrected chi connectivity index (χ2v) is 18.0. The number of aromatic nitrogens is 1. The van der Waals surface area contributed by atoms with Crippen LogP contribution in [0.3, 0.4) is 0 Å². The Bertz CT molecular complexity index is 2400. The molecular weight excluding hydrogens is 819 g/mol. The molecule has 11 heteroatoms. The lowest BCUT2D eigenvalue weighted by molar-refractivity contribution is -0.143. The number of hydrogen-bond acceptors (Lipinski definition) is 7. The number of anilines is 1. The Morgan fingerprint density at radius 3 is 2.39 bits per heavy atom. The Labute approximate surface area is 375 Å². The highest BCUT2D eigenvalue weighted by atomic mass is 35.5. The molecule has 1 aliphatic carbocycles. The van der Waals surface area contributed by atoms with Crippen molar-refractivity contribution in [3.63, 3.8) is 0 Å². The number of carbonyl (C=O) groups excluding carboxylic acids is 1. The summed E-state index contributed by atoms with van der Waals surface area (Å²) in [6, 6.07) is 26.8. The number of rotatable bonds is 12. The van der Waals surface area contributed by atoms with Gasteiger partial charge >= 0.3 is 5.97 Å². The number of hydrogen-bond donors (Lipinski definition) is 2. The van der Waals surface area contributed by atoms with Gasteiger partial charge in [0.05, 0.1) is 21.8 Å². The monoisotopic (exact) mass is 874 g/mol. The van der Waals surface area contributed by atoms with Crippen LogP contribution in [0.25, 0.3) is 11.1 Å². The van der Waals surface area contributed by atoms with E-state index in [9.17, 15) is 14.7 Å². The molecule has 0 spiro atoms. The van der Waals surface area contributed by atoms with E-state index in [2.05, 4.69) is 65.3 Å². The van der Waals surface area contributed by atoms with Crippen molar-refractivity contribution < 1.29 is 24.2 Å². The lowest BCUT2D eigenvalue weighted by atomic mass is 9.87. The zero-order chi connectivity index (χ0) is 43.5. The van der Waals surface area contributed by atoms with Crippen LogP contribution in [0.15, 0.2) is 91.1 Å². The second-order valence-electron chi connectivity index (χ2n) is 17.2. The van der Waals surface area contributed by atoms with Crippen molar-refractivity contribution in [1.29, 1.82) is 0 Å². The Kier molecular flexibility index (Phi) is 13.4. The Balaban J connectivity index is 0.989. The molecule has 5 aromatic rings. The number of fused-ring (bicyclic) bond motifs is 2. The predicted molar refractivity (Wildman–Crippen MR) is 247 cm³/mol. The third-order valence-corrected chi connectivity index (χ3v) is 13.9. The van der Waals surface area contributed by atoms with E-state index < -0.39 is 18.1 Å². The number of carboxylic acid groups (broad SMARTS) is 1. The zero-order valence-electron chi connectivity index (χ0n) is 36.0. The summed E-state index contributed by atoms with van der Waals surface area (Å²) in [6.07, 6.45) is 9.19. The van der Waals surface area contributed by atoms with E-state index in [4.69, 9.17) is 32.7 Å². The number of ether oxygens (including phenoxy) is 2. The van der Waals surface area contributed by atoms with Gasteiger partial charge in [0, 0.05) is 50.9 Å². The van der Waals surface area contributed by atoms with Gasteiger partial charge < -0.3 is 24.8 Å².